The van der Waals surface area contributed by atoms with Gasteiger partial charge in [-0.25, -0.2) is 4.79 Å². The molecule has 0 amide bonds. The molecular formula is C16H25NO2S. The molecular weight excluding hydrogens is 270 g/mol. The number of benzene rings is 1. The number of hydrogen-bond acceptors (Lipinski definition) is 4. The highest BCUT2D eigenvalue weighted by Gasteiger charge is 2.37. The van der Waals surface area contributed by atoms with E-state index in [9.17, 15) is 4.79 Å². The molecule has 3 nitrogen and oxygen atoms in total. The van der Waals surface area contributed by atoms with Crippen molar-refractivity contribution in [3.63, 3.8) is 0 Å². The van der Waals surface area contributed by atoms with E-state index in [0.29, 0.717) is 18.3 Å². The molecule has 0 radical (unpaired) electrons. The van der Waals surface area contributed by atoms with Crippen molar-refractivity contribution >= 4 is 17.7 Å². The van der Waals surface area contributed by atoms with Crippen LogP contribution in [0, 0.1) is 5.92 Å². The number of rotatable bonds is 8. The second kappa shape index (κ2) is 8.32. The molecule has 2 N–H and O–H groups in total. The van der Waals surface area contributed by atoms with Crippen molar-refractivity contribution in [2.75, 3.05) is 18.1 Å². The van der Waals surface area contributed by atoms with Gasteiger partial charge in [0.05, 0.1) is 6.61 Å². The van der Waals surface area contributed by atoms with Crippen molar-refractivity contribution in [3.05, 3.63) is 35.9 Å². The van der Waals surface area contributed by atoms with Crippen LogP contribution in [-0.4, -0.2) is 24.1 Å². The molecule has 112 valence electrons. The first-order chi connectivity index (χ1) is 9.54. The van der Waals surface area contributed by atoms with Crippen LogP contribution in [-0.2, 0) is 15.1 Å². The maximum absolute atomic E-state index is 12.3. The average Bonchev–Trinajstić information content (AvgIpc) is 2.47. The fourth-order valence-corrected chi connectivity index (χ4v) is 3.16. The Balaban J connectivity index is 2.82. The highest BCUT2D eigenvalue weighted by Crippen LogP contribution is 2.26. The smallest absolute Gasteiger partial charge is 0.331 e. The molecule has 2 atom stereocenters. The van der Waals surface area contributed by atoms with Gasteiger partial charge in [0.15, 0.2) is 0 Å². The molecule has 1 aromatic rings. The zero-order chi connectivity index (χ0) is 15.0. The first-order valence-corrected chi connectivity index (χ1v) is 8.29. The second-order valence-corrected chi connectivity index (χ2v) is 6.12. The zero-order valence-electron chi connectivity index (χ0n) is 12.6. The number of hydrogen-bond donors (Lipinski definition) is 1. The van der Waals surface area contributed by atoms with E-state index in [4.69, 9.17) is 10.5 Å². The maximum Gasteiger partial charge on any atom is 0.331 e. The van der Waals surface area contributed by atoms with Gasteiger partial charge in [0.25, 0.3) is 0 Å². The normalized spacial score (nSPS) is 15.4. The van der Waals surface area contributed by atoms with E-state index in [0.717, 1.165) is 17.7 Å². The summed E-state index contributed by atoms with van der Waals surface area (Å²) in [5.74, 6) is 1.83. The Bertz CT molecular complexity index is 410. The Hall–Kier alpha value is -1.00. The summed E-state index contributed by atoms with van der Waals surface area (Å²) in [6, 6.07) is 9.49. The summed E-state index contributed by atoms with van der Waals surface area (Å²) >= 11 is 1.72. The summed E-state index contributed by atoms with van der Waals surface area (Å²) in [7, 11) is 0. The summed E-state index contributed by atoms with van der Waals surface area (Å²) in [5, 5.41) is 0. The van der Waals surface area contributed by atoms with E-state index in [1.165, 1.54) is 0 Å². The standard InChI is InChI=1S/C16H25NO2S/c1-4-13(3)11-20-12-16(17,15(18)19-5-2)14-9-7-6-8-10-14/h6-10,13H,4-5,11-12,17H2,1-3H3. The summed E-state index contributed by atoms with van der Waals surface area (Å²) in [6.07, 6.45) is 1.13. The molecule has 0 heterocycles. The molecule has 4 heteroatoms. The van der Waals surface area contributed by atoms with E-state index in [1.54, 1.807) is 18.7 Å². The fourth-order valence-electron chi connectivity index (χ4n) is 1.79. The summed E-state index contributed by atoms with van der Waals surface area (Å²) in [6.45, 7) is 6.53. The lowest BCUT2D eigenvalue weighted by Crippen LogP contribution is -2.48. The van der Waals surface area contributed by atoms with Crippen LogP contribution in [0.2, 0.25) is 0 Å². The summed E-state index contributed by atoms with van der Waals surface area (Å²) < 4.78 is 5.17. The monoisotopic (exact) mass is 295 g/mol. The van der Waals surface area contributed by atoms with Crippen molar-refractivity contribution in [1.82, 2.24) is 0 Å². The third-order valence-corrected chi connectivity index (χ3v) is 4.82. The van der Waals surface area contributed by atoms with Gasteiger partial charge in [-0.2, -0.15) is 11.8 Å². The molecule has 1 aromatic carbocycles. The van der Waals surface area contributed by atoms with Gasteiger partial charge >= 0.3 is 5.97 Å². The van der Waals surface area contributed by atoms with Crippen molar-refractivity contribution in [2.45, 2.75) is 32.7 Å². The molecule has 0 spiro atoms. The molecule has 20 heavy (non-hydrogen) atoms. The van der Waals surface area contributed by atoms with Crippen LogP contribution < -0.4 is 5.73 Å². The quantitative estimate of drug-likeness (QED) is 0.748. The van der Waals surface area contributed by atoms with E-state index in [2.05, 4.69) is 13.8 Å². The van der Waals surface area contributed by atoms with Gasteiger partial charge in [-0.05, 0) is 24.2 Å². The minimum atomic E-state index is -1.06. The predicted octanol–water partition coefficient (Wildman–Crippen LogP) is 3.18. The lowest BCUT2D eigenvalue weighted by atomic mass is 9.93. The van der Waals surface area contributed by atoms with Crippen molar-refractivity contribution < 1.29 is 9.53 Å². The van der Waals surface area contributed by atoms with Crippen molar-refractivity contribution in [2.24, 2.45) is 11.7 Å². The van der Waals surface area contributed by atoms with E-state index in [-0.39, 0.29) is 5.97 Å². The van der Waals surface area contributed by atoms with Gasteiger partial charge in [0.2, 0.25) is 0 Å². The number of ether oxygens (including phenoxy) is 1. The fraction of sp³-hybridized carbons (Fsp3) is 0.562. The van der Waals surface area contributed by atoms with E-state index < -0.39 is 5.54 Å². The van der Waals surface area contributed by atoms with Gasteiger partial charge in [-0.1, -0.05) is 50.6 Å². The molecule has 1 rings (SSSR count). The lowest BCUT2D eigenvalue weighted by molar-refractivity contribution is -0.149. The van der Waals surface area contributed by atoms with Crippen molar-refractivity contribution in [3.8, 4) is 0 Å². The third kappa shape index (κ3) is 4.53. The van der Waals surface area contributed by atoms with E-state index in [1.807, 2.05) is 30.3 Å². The molecule has 2 unspecified atom stereocenters. The largest absolute Gasteiger partial charge is 0.464 e. The first kappa shape index (κ1) is 17.1. The number of esters is 1. The Morgan fingerprint density at radius 2 is 2.00 bits per heavy atom. The van der Waals surface area contributed by atoms with Crippen molar-refractivity contribution in [1.29, 1.82) is 0 Å². The predicted molar refractivity (Wildman–Crippen MR) is 85.7 cm³/mol. The SMILES string of the molecule is CCOC(=O)C(N)(CSCC(C)CC)c1ccccc1. The topological polar surface area (TPSA) is 52.3 Å². The lowest BCUT2D eigenvalue weighted by Gasteiger charge is -2.27. The molecule has 0 bridgehead atoms. The second-order valence-electron chi connectivity index (χ2n) is 5.09. The third-order valence-electron chi connectivity index (χ3n) is 3.36. The van der Waals surface area contributed by atoms with Crippen LogP contribution in [0.25, 0.3) is 0 Å². The van der Waals surface area contributed by atoms with Gasteiger partial charge < -0.3 is 10.5 Å². The van der Waals surface area contributed by atoms with Crippen LogP contribution in [0.4, 0.5) is 0 Å². The van der Waals surface area contributed by atoms with Gasteiger partial charge in [0.1, 0.15) is 5.54 Å². The molecule has 0 fully saturated rings. The Kier molecular flexibility index (Phi) is 7.10. The minimum Gasteiger partial charge on any atom is -0.464 e. The average molecular weight is 295 g/mol. The molecule has 0 saturated heterocycles. The van der Waals surface area contributed by atoms with Crippen LogP contribution in [0.1, 0.15) is 32.8 Å². The number of nitrogens with two attached hydrogens (primary N) is 1. The summed E-state index contributed by atoms with van der Waals surface area (Å²) in [5.41, 5.74) is 6.14. The van der Waals surface area contributed by atoms with Crippen LogP contribution in [0.15, 0.2) is 30.3 Å². The molecule has 0 aliphatic rings. The van der Waals surface area contributed by atoms with Gasteiger partial charge in [0, 0.05) is 5.75 Å². The first-order valence-electron chi connectivity index (χ1n) is 7.14. The molecule has 0 aliphatic heterocycles. The minimum absolute atomic E-state index is 0.345. The molecule has 0 saturated carbocycles. The number of carbonyl (C=O) groups is 1. The van der Waals surface area contributed by atoms with Crippen LogP contribution >= 0.6 is 11.8 Å². The number of carbonyl (C=O) groups excluding carboxylic acids is 1. The Labute approximate surface area is 126 Å². The van der Waals surface area contributed by atoms with E-state index >= 15 is 0 Å². The highest BCUT2D eigenvalue weighted by atomic mass is 32.2. The molecule has 0 aromatic heterocycles. The van der Waals surface area contributed by atoms with Crippen LogP contribution in [0.3, 0.4) is 0 Å². The maximum atomic E-state index is 12.3. The number of thioether (sulfide) groups is 1. The van der Waals surface area contributed by atoms with Gasteiger partial charge in [-0.3, -0.25) is 0 Å². The Morgan fingerprint density at radius 3 is 2.55 bits per heavy atom. The van der Waals surface area contributed by atoms with Gasteiger partial charge in [-0.15, -0.1) is 0 Å². The molecule has 0 aliphatic carbocycles. The Morgan fingerprint density at radius 1 is 1.35 bits per heavy atom. The van der Waals surface area contributed by atoms with Crippen LogP contribution in [0.5, 0.6) is 0 Å². The summed E-state index contributed by atoms with van der Waals surface area (Å²) in [4.78, 5) is 12.3. The highest BCUT2D eigenvalue weighted by molar-refractivity contribution is 7.99. The zero-order valence-corrected chi connectivity index (χ0v) is 13.4.